The fourth-order valence-corrected chi connectivity index (χ4v) is 2.25. The molecule has 124 valence electrons. The topological polar surface area (TPSA) is 125 Å². The minimum absolute atomic E-state index is 0.0847. The highest BCUT2D eigenvalue weighted by Gasteiger charge is 2.24. The Morgan fingerprint density at radius 1 is 1.50 bits per heavy atom. The fraction of sp³-hybridized carbons (Fsp3) is 0.500. The van der Waals surface area contributed by atoms with Gasteiger partial charge in [-0.25, -0.2) is 4.39 Å². The van der Waals surface area contributed by atoms with Gasteiger partial charge in [0.1, 0.15) is 12.4 Å². The molecule has 1 aliphatic rings. The standard InChI is InChI=1S/C12H16FN3O2.H3NO2S/c13-6-8-15-7-5-10(9-15)14-11-3-1-2-4-12(11)16(17)18;1-4(2)3/h1-4,10,14H,5-9H2;1H2,(H,2,3)/p-1/t10-;/m1./s1. The van der Waals surface area contributed by atoms with Crippen molar-refractivity contribution in [2.24, 2.45) is 5.14 Å². The van der Waals surface area contributed by atoms with Gasteiger partial charge in [-0.2, -0.15) is 0 Å². The van der Waals surface area contributed by atoms with Crippen LogP contribution in [0, 0.1) is 10.1 Å². The van der Waals surface area contributed by atoms with Crippen molar-refractivity contribution in [1.29, 1.82) is 0 Å². The van der Waals surface area contributed by atoms with Crippen molar-refractivity contribution in [3.63, 3.8) is 0 Å². The van der Waals surface area contributed by atoms with Crippen LogP contribution in [0.15, 0.2) is 24.3 Å². The molecule has 3 N–H and O–H groups in total. The molecule has 0 spiro atoms. The van der Waals surface area contributed by atoms with E-state index >= 15 is 0 Å². The molecule has 0 amide bonds. The van der Waals surface area contributed by atoms with Crippen LogP contribution in [0.5, 0.6) is 0 Å². The highest BCUT2D eigenvalue weighted by atomic mass is 32.2. The zero-order valence-corrected chi connectivity index (χ0v) is 12.6. The van der Waals surface area contributed by atoms with Crippen LogP contribution in [-0.4, -0.2) is 50.9 Å². The molecule has 1 heterocycles. The molecule has 0 aromatic heterocycles. The third kappa shape index (κ3) is 6.43. The molecule has 2 atom stereocenters. The van der Waals surface area contributed by atoms with E-state index in [4.69, 9.17) is 8.76 Å². The van der Waals surface area contributed by atoms with Gasteiger partial charge < -0.3 is 9.87 Å². The zero-order valence-electron chi connectivity index (χ0n) is 11.8. The lowest BCUT2D eigenvalue weighted by Crippen LogP contribution is -2.27. The number of para-hydroxylation sites is 2. The van der Waals surface area contributed by atoms with Gasteiger partial charge in [-0.3, -0.25) is 24.4 Å². The Labute approximate surface area is 130 Å². The normalized spacial score (nSPS) is 19.1. The van der Waals surface area contributed by atoms with Crippen LogP contribution in [0.25, 0.3) is 0 Å². The number of hydrogen-bond acceptors (Lipinski definition) is 6. The van der Waals surface area contributed by atoms with E-state index < -0.39 is 16.2 Å². The second-order valence-electron chi connectivity index (χ2n) is 4.65. The van der Waals surface area contributed by atoms with Gasteiger partial charge in [0.2, 0.25) is 0 Å². The maximum atomic E-state index is 12.2. The molecule has 0 radical (unpaired) electrons. The molecule has 1 aromatic rings. The van der Waals surface area contributed by atoms with Crippen LogP contribution in [0.3, 0.4) is 0 Å². The highest BCUT2D eigenvalue weighted by molar-refractivity contribution is 7.76. The molecule has 10 heteroatoms. The quantitative estimate of drug-likeness (QED) is 0.466. The molecule has 1 aromatic carbocycles. The van der Waals surface area contributed by atoms with Crippen molar-refractivity contribution in [3.8, 4) is 0 Å². The first-order chi connectivity index (χ1) is 10.4. The van der Waals surface area contributed by atoms with E-state index in [9.17, 15) is 14.5 Å². The lowest BCUT2D eigenvalue weighted by Gasteiger charge is -2.15. The number of nitrogens with two attached hydrogens (primary N) is 1. The summed E-state index contributed by atoms with van der Waals surface area (Å²) in [5, 5.41) is 18.1. The third-order valence-corrected chi connectivity index (χ3v) is 3.13. The predicted octanol–water partition coefficient (Wildman–Crippen LogP) is 0.790. The summed E-state index contributed by atoms with van der Waals surface area (Å²) in [6, 6.07) is 6.75. The lowest BCUT2D eigenvalue weighted by atomic mass is 10.2. The molecule has 0 saturated carbocycles. The van der Waals surface area contributed by atoms with E-state index in [0.29, 0.717) is 12.2 Å². The third-order valence-electron chi connectivity index (χ3n) is 3.13. The number of hydrogen-bond donors (Lipinski definition) is 2. The molecule has 1 aliphatic heterocycles. The molecule has 0 bridgehead atoms. The van der Waals surface area contributed by atoms with Gasteiger partial charge in [-0.15, -0.1) is 0 Å². The number of rotatable bonds is 5. The first-order valence-corrected chi connectivity index (χ1v) is 7.69. The summed E-state index contributed by atoms with van der Waals surface area (Å²) in [7, 11) is 0. The van der Waals surface area contributed by atoms with Gasteiger partial charge >= 0.3 is 0 Å². The lowest BCUT2D eigenvalue weighted by molar-refractivity contribution is -0.384. The van der Waals surface area contributed by atoms with Crippen LogP contribution < -0.4 is 10.5 Å². The van der Waals surface area contributed by atoms with E-state index in [2.05, 4.69) is 10.5 Å². The smallest absolute Gasteiger partial charge is 0.292 e. The molecule has 22 heavy (non-hydrogen) atoms. The number of nitrogens with one attached hydrogen (secondary N) is 1. The van der Waals surface area contributed by atoms with Gasteiger partial charge in [0, 0.05) is 43.0 Å². The Morgan fingerprint density at radius 2 is 2.14 bits per heavy atom. The van der Waals surface area contributed by atoms with Crippen LogP contribution in [-0.2, 0) is 11.3 Å². The number of alkyl halides is 1. The number of halogens is 1. The molecular formula is C12H18FN4O4S-. The SMILES string of the molecule is NS(=O)[O-].O=[N+]([O-])c1ccccc1N[C@@H]1CCN(CCF)C1. The number of nitrogens with zero attached hydrogens (tertiary/aromatic N) is 2. The summed E-state index contributed by atoms with van der Waals surface area (Å²) in [5.41, 5.74) is 0.621. The summed E-state index contributed by atoms with van der Waals surface area (Å²) in [5.74, 6) is 0. The summed E-state index contributed by atoms with van der Waals surface area (Å²) >= 11 is -2.36. The number of nitro groups is 1. The van der Waals surface area contributed by atoms with Crippen molar-refractivity contribution in [1.82, 2.24) is 4.90 Å². The molecule has 8 nitrogen and oxygen atoms in total. The molecule has 1 saturated heterocycles. The Morgan fingerprint density at radius 3 is 2.73 bits per heavy atom. The number of likely N-dealkylation sites (tertiary alicyclic amines) is 1. The molecular weight excluding hydrogens is 315 g/mol. The van der Waals surface area contributed by atoms with Crippen LogP contribution in [0.2, 0.25) is 0 Å². The number of nitro benzene ring substituents is 1. The van der Waals surface area contributed by atoms with Crippen LogP contribution in [0.4, 0.5) is 15.8 Å². The predicted molar refractivity (Wildman–Crippen MR) is 80.6 cm³/mol. The van der Waals surface area contributed by atoms with Gasteiger partial charge in [0.15, 0.2) is 0 Å². The summed E-state index contributed by atoms with van der Waals surface area (Å²) in [4.78, 5) is 12.5. The van der Waals surface area contributed by atoms with Gasteiger partial charge in [0.25, 0.3) is 5.69 Å². The number of benzene rings is 1. The van der Waals surface area contributed by atoms with E-state index in [1.165, 1.54) is 6.07 Å². The summed E-state index contributed by atoms with van der Waals surface area (Å²) < 4.78 is 29.8. The van der Waals surface area contributed by atoms with Crippen molar-refractivity contribution in [2.45, 2.75) is 12.5 Å². The Bertz CT molecular complexity index is 516. The zero-order chi connectivity index (χ0) is 16.5. The molecule has 0 aliphatic carbocycles. The van der Waals surface area contributed by atoms with Crippen molar-refractivity contribution in [2.75, 3.05) is 31.6 Å². The maximum absolute atomic E-state index is 12.2. The second kappa shape index (κ2) is 9.41. The Balaban J connectivity index is 0.000000541. The summed E-state index contributed by atoms with van der Waals surface area (Å²) in [6.45, 7) is 1.66. The molecule has 1 unspecified atom stereocenters. The minimum Gasteiger partial charge on any atom is -0.760 e. The van der Waals surface area contributed by atoms with Crippen molar-refractivity contribution in [3.05, 3.63) is 34.4 Å². The Hall–Kier alpha value is -1.62. The average Bonchev–Trinajstić information content (AvgIpc) is 2.86. The maximum Gasteiger partial charge on any atom is 0.292 e. The van der Waals surface area contributed by atoms with E-state index in [0.717, 1.165) is 19.5 Å². The summed E-state index contributed by atoms with van der Waals surface area (Å²) in [6.07, 6.45) is 0.881. The first-order valence-electron chi connectivity index (χ1n) is 6.56. The van der Waals surface area contributed by atoms with Gasteiger partial charge in [0.05, 0.1) is 4.92 Å². The van der Waals surface area contributed by atoms with Crippen LogP contribution in [0.1, 0.15) is 6.42 Å². The average molecular weight is 333 g/mol. The largest absolute Gasteiger partial charge is 0.760 e. The number of anilines is 1. The fourth-order valence-electron chi connectivity index (χ4n) is 2.25. The van der Waals surface area contributed by atoms with Crippen molar-refractivity contribution >= 4 is 22.6 Å². The molecule has 1 fully saturated rings. The van der Waals surface area contributed by atoms with Gasteiger partial charge in [-0.1, -0.05) is 12.1 Å². The first kappa shape index (κ1) is 18.4. The minimum atomic E-state index is -2.36. The van der Waals surface area contributed by atoms with Gasteiger partial charge in [-0.05, 0) is 12.5 Å². The highest BCUT2D eigenvalue weighted by Crippen LogP contribution is 2.25. The second-order valence-corrected chi connectivity index (χ2v) is 5.18. The monoisotopic (exact) mass is 333 g/mol. The molecule has 2 rings (SSSR count). The Kier molecular flexibility index (Phi) is 7.88. The van der Waals surface area contributed by atoms with E-state index in [1.807, 2.05) is 4.90 Å². The van der Waals surface area contributed by atoms with E-state index in [1.54, 1.807) is 18.2 Å². The van der Waals surface area contributed by atoms with Crippen molar-refractivity contribution < 1.29 is 18.1 Å². The van der Waals surface area contributed by atoms with E-state index in [-0.39, 0.29) is 18.4 Å². The van der Waals surface area contributed by atoms with Crippen LogP contribution >= 0.6 is 0 Å².